The lowest BCUT2D eigenvalue weighted by Crippen LogP contribution is -2.23. The molecule has 0 aliphatic carbocycles. The molecule has 1 heterocycles. The first-order chi connectivity index (χ1) is 6.99. The topological polar surface area (TPSA) is 42.7 Å². The highest BCUT2D eigenvalue weighted by Crippen LogP contribution is 2.04. The molecule has 0 saturated carbocycles. The number of aryl methyl sites for hydroxylation is 1. The summed E-state index contributed by atoms with van der Waals surface area (Å²) in [6, 6.07) is 0.482. The normalized spacial score (nSPS) is 11.7. The molecule has 1 N–H and O–H groups in total. The number of nitrogens with zero attached hydrogens (tertiary/aromatic N) is 3. The van der Waals surface area contributed by atoms with Crippen molar-refractivity contribution in [2.24, 2.45) is 13.0 Å². The van der Waals surface area contributed by atoms with E-state index in [4.69, 9.17) is 0 Å². The number of aromatic nitrogens is 3. The average Bonchev–Trinajstić information content (AvgIpc) is 2.41. The summed E-state index contributed by atoms with van der Waals surface area (Å²) in [5, 5.41) is 7.74. The Kier molecular flexibility index (Phi) is 4.27. The van der Waals surface area contributed by atoms with Crippen LogP contribution < -0.4 is 5.32 Å². The van der Waals surface area contributed by atoms with Gasteiger partial charge in [-0.1, -0.05) is 27.7 Å². The van der Waals surface area contributed by atoms with Gasteiger partial charge >= 0.3 is 0 Å². The molecule has 0 saturated heterocycles. The van der Waals surface area contributed by atoms with Crippen LogP contribution in [0.15, 0.2) is 0 Å². The highest BCUT2D eigenvalue weighted by atomic mass is 15.3. The van der Waals surface area contributed by atoms with E-state index in [1.807, 2.05) is 11.7 Å². The maximum atomic E-state index is 4.51. The Morgan fingerprint density at radius 1 is 1.27 bits per heavy atom. The molecular formula is C11H22N4. The molecule has 0 radical (unpaired) electrons. The van der Waals surface area contributed by atoms with Crippen molar-refractivity contribution in [2.45, 2.75) is 46.7 Å². The maximum Gasteiger partial charge on any atom is 0.151 e. The van der Waals surface area contributed by atoms with Crippen LogP contribution in [0, 0.1) is 5.92 Å². The highest BCUT2D eigenvalue weighted by molar-refractivity contribution is 4.93. The number of hydrogen-bond acceptors (Lipinski definition) is 3. The summed E-state index contributed by atoms with van der Waals surface area (Å²) in [5.41, 5.74) is 0. The molecular weight excluding hydrogens is 188 g/mol. The molecule has 4 heteroatoms. The third kappa shape index (κ3) is 4.00. The van der Waals surface area contributed by atoms with Crippen LogP contribution in [0.2, 0.25) is 0 Å². The summed E-state index contributed by atoms with van der Waals surface area (Å²) in [5.74, 6) is 2.57. The molecule has 1 aromatic rings. The lowest BCUT2D eigenvalue weighted by Gasteiger charge is -2.06. The maximum absolute atomic E-state index is 4.51. The quantitative estimate of drug-likeness (QED) is 0.801. The van der Waals surface area contributed by atoms with Crippen LogP contribution in [-0.4, -0.2) is 20.8 Å². The van der Waals surface area contributed by atoms with Gasteiger partial charge in [-0.05, 0) is 5.92 Å². The third-order valence-electron chi connectivity index (χ3n) is 2.16. The summed E-state index contributed by atoms with van der Waals surface area (Å²) >= 11 is 0. The number of rotatable bonds is 5. The van der Waals surface area contributed by atoms with E-state index in [9.17, 15) is 0 Å². The zero-order valence-electron chi connectivity index (χ0n) is 10.4. The van der Waals surface area contributed by atoms with Crippen molar-refractivity contribution in [2.75, 3.05) is 0 Å². The van der Waals surface area contributed by atoms with Gasteiger partial charge in [0, 0.05) is 19.5 Å². The van der Waals surface area contributed by atoms with E-state index < -0.39 is 0 Å². The second-order valence-electron chi connectivity index (χ2n) is 4.70. The van der Waals surface area contributed by atoms with Crippen LogP contribution in [-0.2, 0) is 20.0 Å². The first kappa shape index (κ1) is 12.2. The zero-order chi connectivity index (χ0) is 11.4. The smallest absolute Gasteiger partial charge is 0.151 e. The Bertz CT molecular complexity index is 302. The van der Waals surface area contributed by atoms with Crippen molar-refractivity contribution in [3.8, 4) is 0 Å². The van der Waals surface area contributed by atoms with Gasteiger partial charge in [0.1, 0.15) is 5.82 Å². The Morgan fingerprint density at radius 3 is 2.47 bits per heavy atom. The minimum Gasteiger partial charge on any atom is -0.308 e. The molecule has 0 atom stereocenters. The predicted octanol–water partition coefficient (Wildman–Crippen LogP) is 1.51. The minimum absolute atomic E-state index is 0.482. The molecule has 0 aliphatic heterocycles. The Hall–Kier alpha value is -0.900. The van der Waals surface area contributed by atoms with Crippen LogP contribution in [0.3, 0.4) is 0 Å². The lowest BCUT2D eigenvalue weighted by molar-refractivity contribution is 0.551. The zero-order valence-corrected chi connectivity index (χ0v) is 10.4. The molecule has 0 fully saturated rings. The average molecular weight is 210 g/mol. The summed E-state index contributed by atoms with van der Waals surface area (Å²) in [4.78, 5) is 4.51. The largest absolute Gasteiger partial charge is 0.308 e. The lowest BCUT2D eigenvalue weighted by atomic mass is 10.1. The summed E-state index contributed by atoms with van der Waals surface area (Å²) in [6.45, 7) is 9.42. The summed E-state index contributed by atoms with van der Waals surface area (Å²) < 4.78 is 1.87. The second-order valence-corrected chi connectivity index (χ2v) is 4.70. The second kappa shape index (κ2) is 5.26. The van der Waals surface area contributed by atoms with Gasteiger partial charge in [-0.25, -0.2) is 4.98 Å². The van der Waals surface area contributed by atoms with E-state index in [0.29, 0.717) is 12.0 Å². The molecule has 0 aliphatic rings. The molecule has 1 rings (SSSR count). The van der Waals surface area contributed by atoms with Crippen LogP contribution in [0.25, 0.3) is 0 Å². The molecule has 0 spiro atoms. The first-order valence-corrected chi connectivity index (χ1v) is 5.61. The van der Waals surface area contributed by atoms with E-state index in [2.05, 4.69) is 43.1 Å². The Morgan fingerprint density at radius 2 is 1.93 bits per heavy atom. The Balaban J connectivity index is 2.60. The van der Waals surface area contributed by atoms with E-state index >= 15 is 0 Å². The van der Waals surface area contributed by atoms with Crippen molar-refractivity contribution < 1.29 is 0 Å². The fourth-order valence-electron chi connectivity index (χ4n) is 1.38. The standard InChI is InChI=1S/C11H22N4/c1-8(2)6-10-13-11(15(5)14-10)7-12-9(3)4/h8-9,12H,6-7H2,1-5H3. The molecule has 0 bridgehead atoms. The fourth-order valence-corrected chi connectivity index (χ4v) is 1.38. The van der Waals surface area contributed by atoms with Crippen molar-refractivity contribution in [3.63, 3.8) is 0 Å². The van der Waals surface area contributed by atoms with Crippen LogP contribution >= 0.6 is 0 Å². The van der Waals surface area contributed by atoms with Crippen LogP contribution in [0.4, 0.5) is 0 Å². The van der Waals surface area contributed by atoms with Gasteiger partial charge in [0.15, 0.2) is 5.82 Å². The monoisotopic (exact) mass is 210 g/mol. The molecule has 0 amide bonds. The van der Waals surface area contributed by atoms with Crippen molar-refractivity contribution in [1.82, 2.24) is 20.1 Å². The molecule has 0 aromatic carbocycles. The van der Waals surface area contributed by atoms with Gasteiger partial charge in [0.2, 0.25) is 0 Å². The van der Waals surface area contributed by atoms with E-state index in [1.165, 1.54) is 0 Å². The number of nitrogens with one attached hydrogen (secondary N) is 1. The first-order valence-electron chi connectivity index (χ1n) is 5.61. The summed E-state index contributed by atoms with van der Waals surface area (Å²) in [7, 11) is 1.95. The number of hydrogen-bond donors (Lipinski definition) is 1. The molecule has 4 nitrogen and oxygen atoms in total. The van der Waals surface area contributed by atoms with Gasteiger partial charge in [-0.2, -0.15) is 5.10 Å². The van der Waals surface area contributed by atoms with Crippen LogP contribution in [0.5, 0.6) is 0 Å². The molecule has 15 heavy (non-hydrogen) atoms. The SMILES string of the molecule is CC(C)Cc1nc(CNC(C)C)n(C)n1. The summed E-state index contributed by atoms with van der Waals surface area (Å²) in [6.07, 6.45) is 0.954. The molecule has 86 valence electrons. The predicted molar refractivity (Wildman–Crippen MR) is 61.5 cm³/mol. The van der Waals surface area contributed by atoms with E-state index in [-0.39, 0.29) is 0 Å². The van der Waals surface area contributed by atoms with Gasteiger partial charge in [0.25, 0.3) is 0 Å². The van der Waals surface area contributed by atoms with Crippen molar-refractivity contribution in [1.29, 1.82) is 0 Å². The fraction of sp³-hybridized carbons (Fsp3) is 0.818. The van der Waals surface area contributed by atoms with Gasteiger partial charge in [-0.15, -0.1) is 0 Å². The van der Waals surface area contributed by atoms with Gasteiger partial charge in [-0.3, -0.25) is 4.68 Å². The van der Waals surface area contributed by atoms with Gasteiger partial charge in [0.05, 0.1) is 6.54 Å². The van der Waals surface area contributed by atoms with E-state index in [0.717, 1.165) is 24.6 Å². The van der Waals surface area contributed by atoms with Crippen molar-refractivity contribution >= 4 is 0 Å². The Labute approximate surface area is 92.1 Å². The van der Waals surface area contributed by atoms with E-state index in [1.54, 1.807) is 0 Å². The highest BCUT2D eigenvalue weighted by Gasteiger charge is 2.08. The molecule has 1 aromatic heterocycles. The minimum atomic E-state index is 0.482. The van der Waals surface area contributed by atoms with Crippen molar-refractivity contribution in [3.05, 3.63) is 11.6 Å². The van der Waals surface area contributed by atoms with Gasteiger partial charge < -0.3 is 5.32 Å². The molecule has 0 unspecified atom stereocenters. The van der Waals surface area contributed by atoms with Crippen LogP contribution in [0.1, 0.15) is 39.3 Å². The third-order valence-corrected chi connectivity index (χ3v) is 2.16.